The van der Waals surface area contributed by atoms with Gasteiger partial charge in [-0.2, -0.15) is 0 Å². The molecule has 0 aromatic heterocycles. The van der Waals surface area contributed by atoms with Crippen molar-refractivity contribution in [2.75, 3.05) is 13.1 Å². The van der Waals surface area contributed by atoms with Crippen molar-refractivity contribution in [3.63, 3.8) is 0 Å². The Labute approximate surface area is 124 Å². The highest BCUT2D eigenvalue weighted by molar-refractivity contribution is 5.83. The normalized spacial score (nSPS) is 23.3. The lowest BCUT2D eigenvalue weighted by atomic mass is 9.81. The average Bonchev–Trinajstić information content (AvgIpc) is 2.48. The van der Waals surface area contributed by atoms with Crippen molar-refractivity contribution in [2.45, 2.75) is 32.7 Å². The van der Waals surface area contributed by atoms with Crippen LogP contribution in [0.25, 0.3) is 0 Å². The lowest BCUT2D eigenvalue weighted by molar-refractivity contribution is -0.384. The van der Waals surface area contributed by atoms with Gasteiger partial charge in [0.1, 0.15) is 0 Å². The molecule has 2 rings (SSSR count). The first-order chi connectivity index (χ1) is 9.92. The number of hydrogen-bond donors (Lipinski definition) is 2. The number of carbonyl (C=O) groups is 1. The highest BCUT2D eigenvalue weighted by Crippen LogP contribution is 2.27. The minimum absolute atomic E-state index is 0.00583. The van der Waals surface area contributed by atoms with Crippen LogP contribution in [0.15, 0.2) is 24.3 Å². The molecule has 0 saturated carbocycles. The van der Waals surface area contributed by atoms with E-state index in [1.165, 1.54) is 12.1 Å². The second-order valence-electron chi connectivity index (χ2n) is 5.89. The Hall–Kier alpha value is -1.95. The Morgan fingerprint density at radius 3 is 2.90 bits per heavy atom. The zero-order valence-electron chi connectivity index (χ0n) is 12.4. The van der Waals surface area contributed by atoms with Crippen LogP contribution in [0.5, 0.6) is 0 Å². The van der Waals surface area contributed by atoms with E-state index in [0.717, 1.165) is 24.9 Å². The van der Waals surface area contributed by atoms with Gasteiger partial charge in [-0.15, -0.1) is 0 Å². The van der Waals surface area contributed by atoms with Crippen LogP contribution in [0.3, 0.4) is 0 Å². The van der Waals surface area contributed by atoms with Crippen LogP contribution >= 0.6 is 0 Å². The molecule has 2 N–H and O–H groups in total. The fourth-order valence-electron chi connectivity index (χ4n) is 2.61. The van der Waals surface area contributed by atoms with E-state index in [1.54, 1.807) is 12.1 Å². The molecule has 1 fully saturated rings. The van der Waals surface area contributed by atoms with E-state index in [-0.39, 0.29) is 17.6 Å². The largest absolute Gasteiger partial charge is 0.349 e. The van der Waals surface area contributed by atoms with Crippen LogP contribution in [0.4, 0.5) is 5.69 Å². The molecule has 2 unspecified atom stereocenters. The molecule has 1 amide bonds. The molecule has 1 aromatic carbocycles. The molecule has 1 aliphatic rings. The van der Waals surface area contributed by atoms with Gasteiger partial charge >= 0.3 is 0 Å². The van der Waals surface area contributed by atoms with Crippen molar-refractivity contribution in [1.82, 2.24) is 10.6 Å². The average molecular weight is 291 g/mol. The molecule has 21 heavy (non-hydrogen) atoms. The third-order valence-electron chi connectivity index (χ3n) is 4.07. The van der Waals surface area contributed by atoms with Gasteiger partial charge in [0.2, 0.25) is 5.91 Å². The van der Waals surface area contributed by atoms with Gasteiger partial charge in [-0.05, 0) is 38.8 Å². The summed E-state index contributed by atoms with van der Waals surface area (Å²) in [6.45, 7) is 5.41. The van der Waals surface area contributed by atoms with Crippen molar-refractivity contribution in [3.05, 3.63) is 39.9 Å². The molecule has 1 aliphatic heterocycles. The van der Waals surface area contributed by atoms with Gasteiger partial charge in [0.05, 0.1) is 16.4 Å². The number of nitrogens with zero attached hydrogens (tertiary/aromatic N) is 1. The molecule has 0 spiro atoms. The van der Waals surface area contributed by atoms with Gasteiger partial charge in [0.25, 0.3) is 5.69 Å². The standard InChI is InChI=1S/C15H21N3O3/c1-11(12-5-3-6-13(9-12)18(20)21)17-14(19)15(2)7-4-8-16-10-15/h3,5-6,9,11,16H,4,7-8,10H2,1-2H3,(H,17,19). The van der Waals surface area contributed by atoms with Gasteiger partial charge in [-0.3, -0.25) is 14.9 Å². The van der Waals surface area contributed by atoms with Gasteiger partial charge in [0.15, 0.2) is 0 Å². The van der Waals surface area contributed by atoms with Crippen molar-refractivity contribution in [2.24, 2.45) is 5.41 Å². The molecule has 1 aromatic rings. The van der Waals surface area contributed by atoms with E-state index in [1.807, 2.05) is 13.8 Å². The van der Waals surface area contributed by atoms with Crippen LogP contribution < -0.4 is 10.6 Å². The maximum atomic E-state index is 12.4. The van der Waals surface area contributed by atoms with E-state index < -0.39 is 10.3 Å². The lowest BCUT2D eigenvalue weighted by Gasteiger charge is -2.33. The van der Waals surface area contributed by atoms with Crippen LogP contribution in [-0.2, 0) is 4.79 Å². The number of carbonyl (C=O) groups excluding carboxylic acids is 1. The van der Waals surface area contributed by atoms with Crippen LogP contribution in [-0.4, -0.2) is 23.9 Å². The second kappa shape index (κ2) is 6.22. The fraction of sp³-hybridized carbons (Fsp3) is 0.533. The van der Waals surface area contributed by atoms with E-state index in [2.05, 4.69) is 10.6 Å². The smallest absolute Gasteiger partial charge is 0.269 e. The summed E-state index contributed by atoms with van der Waals surface area (Å²) in [5.41, 5.74) is 0.372. The van der Waals surface area contributed by atoms with Crippen molar-refractivity contribution < 1.29 is 9.72 Å². The molecule has 2 atom stereocenters. The zero-order valence-corrected chi connectivity index (χ0v) is 12.4. The molecular formula is C15H21N3O3. The predicted octanol–water partition coefficient (Wildman–Crippen LogP) is 2.16. The van der Waals surface area contributed by atoms with Gasteiger partial charge in [-0.1, -0.05) is 12.1 Å². The van der Waals surface area contributed by atoms with E-state index in [9.17, 15) is 14.9 Å². The molecule has 0 aliphatic carbocycles. The Bertz CT molecular complexity index is 539. The summed E-state index contributed by atoms with van der Waals surface area (Å²) in [5.74, 6) is -0.00583. The second-order valence-corrected chi connectivity index (χ2v) is 5.89. The fourth-order valence-corrected chi connectivity index (χ4v) is 2.61. The van der Waals surface area contributed by atoms with Crippen molar-refractivity contribution in [3.8, 4) is 0 Å². The monoisotopic (exact) mass is 291 g/mol. The summed E-state index contributed by atoms with van der Waals surface area (Å²) in [6, 6.07) is 6.13. The third kappa shape index (κ3) is 3.58. The van der Waals surface area contributed by atoms with Crippen molar-refractivity contribution in [1.29, 1.82) is 0 Å². The molecule has 1 heterocycles. The van der Waals surface area contributed by atoms with Gasteiger partial charge in [-0.25, -0.2) is 0 Å². The Morgan fingerprint density at radius 2 is 2.29 bits per heavy atom. The minimum atomic E-state index is -0.426. The number of rotatable bonds is 4. The SMILES string of the molecule is CC(NC(=O)C1(C)CCCNC1)c1cccc([N+](=O)[O-])c1. The molecule has 114 valence electrons. The topological polar surface area (TPSA) is 84.3 Å². The molecule has 6 nitrogen and oxygen atoms in total. The summed E-state index contributed by atoms with van der Waals surface area (Å²) in [7, 11) is 0. The summed E-state index contributed by atoms with van der Waals surface area (Å²) in [6.07, 6.45) is 1.84. The lowest BCUT2D eigenvalue weighted by Crippen LogP contribution is -2.49. The highest BCUT2D eigenvalue weighted by Gasteiger charge is 2.35. The van der Waals surface area contributed by atoms with Crippen LogP contribution in [0, 0.1) is 15.5 Å². The Balaban J connectivity index is 2.06. The summed E-state index contributed by atoms with van der Waals surface area (Å²) in [5, 5.41) is 17.0. The number of nitrogens with one attached hydrogen (secondary N) is 2. The van der Waals surface area contributed by atoms with Gasteiger partial charge in [0, 0.05) is 18.7 Å². The maximum Gasteiger partial charge on any atom is 0.269 e. The summed E-state index contributed by atoms with van der Waals surface area (Å²) in [4.78, 5) is 22.8. The van der Waals surface area contributed by atoms with Crippen LogP contribution in [0.2, 0.25) is 0 Å². The van der Waals surface area contributed by atoms with E-state index in [0.29, 0.717) is 6.54 Å². The summed E-state index contributed by atoms with van der Waals surface area (Å²) >= 11 is 0. The van der Waals surface area contributed by atoms with Gasteiger partial charge < -0.3 is 10.6 Å². The van der Waals surface area contributed by atoms with E-state index >= 15 is 0 Å². The minimum Gasteiger partial charge on any atom is -0.349 e. The number of amides is 1. The number of hydrogen-bond acceptors (Lipinski definition) is 4. The zero-order chi connectivity index (χ0) is 15.5. The third-order valence-corrected chi connectivity index (χ3v) is 4.07. The first kappa shape index (κ1) is 15.4. The summed E-state index contributed by atoms with van der Waals surface area (Å²) < 4.78 is 0. The molecule has 0 radical (unpaired) electrons. The molecule has 6 heteroatoms. The molecular weight excluding hydrogens is 270 g/mol. The Morgan fingerprint density at radius 1 is 1.52 bits per heavy atom. The highest BCUT2D eigenvalue weighted by atomic mass is 16.6. The van der Waals surface area contributed by atoms with E-state index in [4.69, 9.17) is 0 Å². The first-order valence-electron chi connectivity index (χ1n) is 7.18. The number of nitro benzene ring substituents is 1. The molecule has 1 saturated heterocycles. The quantitative estimate of drug-likeness (QED) is 0.657. The number of piperidine rings is 1. The number of benzene rings is 1. The Kier molecular flexibility index (Phi) is 4.57. The predicted molar refractivity (Wildman–Crippen MR) is 79.9 cm³/mol. The molecule has 0 bridgehead atoms. The van der Waals surface area contributed by atoms with Crippen LogP contribution in [0.1, 0.15) is 38.3 Å². The number of non-ortho nitro benzene ring substituents is 1. The number of nitro groups is 1. The first-order valence-corrected chi connectivity index (χ1v) is 7.18. The van der Waals surface area contributed by atoms with Crippen molar-refractivity contribution >= 4 is 11.6 Å². The maximum absolute atomic E-state index is 12.4.